The molecule has 2 aliphatic rings. The molecule has 0 unspecified atom stereocenters. The zero-order valence-electron chi connectivity index (χ0n) is 16.0. The number of aliphatic hydroxyl groups is 1. The number of nitrogen functional groups attached to an aromatic ring is 1. The minimum absolute atomic E-state index is 0.0361. The van der Waals surface area contributed by atoms with E-state index in [2.05, 4.69) is 10.5 Å². The Kier molecular flexibility index (Phi) is 3.44. The second kappa shape index (κ2) is 5.58. The predicted molar refractivity (Wildman–Crippen MR) is 108 cm³/mol. The van der Waals surface area contributed by atoms with Gasteiger partial charge < -0.3 is 20.7 Å². The summed E-state index contributed by atoms with van der Waals surface area (Å²) >= 11 is 0. The van der Waals surface area contributed by atoms with Gasteiger partial charge in [0.05, 0.1) is 16.4 Å². The van der Waals surface area contributed by atoms with Gasteiger partial charge in [-0.3, -0.25) is 4.79 Å². The van der Waals surface area contributed by atoms with Crippen molar-refractivity contribution in [2.75, 3.05) is 11.1 Å². The summed E-state index contributed by atoms with van der Waals surface area (Å²) in [5, 5.41) is 18.1. The van der Waals surface area contributed by atoms with E-state index in [1.807, 2.05) is 44.2 Å². The maximum atomic E-state index is 12.9. The second-order valence-electron chi connectivity index (χ2n) is 8.50. The largest absolute Gasteiger partial charge is 0.390 e. The number of carbonyl (C=O) groups is 1. The number of rotatable bonds is 1. The number of fused-ring (bicyclic) bond motifs is 3. The van der Waals surface area contributed by atoms with Crippen LogP contribution in [-0.2, 0) is 10.2 Å². The Balaban J connectivity index is 1.62. The summed E-state index contributed by atoms with van der Waals surface area (Å²) in [6.07, 6.45) is 2.56. The second-order valence-corrected chi connectivity index (χ2v) is 8.50. The van der Waals surface area contributed by atoms with Crippen molar-refractivity contribution in [2.45, 2.75) is 50.5 Å². The summed E-state index contributed by atoms with van der Waals surface area (Å²) in [5.41, 5.74) is 10.2. The molecule has 1 saturated carbocycles. The molecule has 4 N–H and O–H groups in total. The molecule has 2 heterocycles. The van der Waals surface area contributed by atoms with Crippen LogP contribution < -0.4 is 11.1 Å². The van der Waals surface area contributed by atoms with Crippen molar-refractivity contribution >= 4 is 28.4 Å². The Labute approximate surface area is 162 Å². The molecule has 3 aromatic rings. The van der Waals surface area contributed by atoms with Crippen molar-refractivity contribution in [1.29, 1.82) is 0 Å². The van der Waals surface area contributed by atoms with Crippen molar-refractivity contribution in [3.8, 4) is 11.1 Å². The van der Waals surface area contributed by atoms with Crippen LogP contribution >= 0.6 is 0 Å². The fourth-order valence-electron chi connectivity index (χ4n) is 4.78. The van der Waals surface area contributed by atoms with Gasteiger partial charge in [-0.2, -0.15) is 0 Å². The number of amides is 1. The van der Waals surface area contributed by atoms with Gasteiger partial charge in [0.1, 0.15) is 0 Å². The van der Waals surface area contributed by atoms with Gasteiger partial charge in [-0.15, -0.1) is 0 Å². The first-order chi connectivity index (χ1) is 13.3. The molecule has 6 nitrogen and oxygen atoms in total. The Hall–Kier alpha value is -2.86. The maximum Gasteiger partial charge on any atom is 0.235 e. The first-order valence-corrected chi connectivity index (χ1v) is 9.64. The Morgan fingerprint density at radius 3 is 2.68 bits per heavy atom. The van der Waals surface area contributed by atoms with Gasteiger partial charge in [0.25, 0.3) is 0 Å². The summed E-state index contributed by atoms with van der Waals surface area (Å²) in [6.45, 7) is 3.87. The molecule has 1 fully saturated rings. The quantitative estimate of drug-likeness (QED) is 0.597. The third kappa shape index (κ3) is 2.31. The van der Waals surface area contributed by atoms with Crippen LogP contribution in [0.5, 0.6) is 0 Å². The highest BCUT2D eigenvalue weighted by atomic mass is 16.5. The highest BCUT2D eigenvalue weighted by molar-refractivity contribution is 6.08. The minimum Gasteiger partial charge on any atom is -0.390 e. The monoisotopic (exact) mass is 377 g/mol. The Morgan fingerprint density at radius 1 is 1.18 bits per heavy atom. The van der Waals surface area contributed by atoms with Gasteiger partial charge in [-0.05, 0) is 68.4 Å². The first kappa shape index (κ1) is 17.3. The lowest BCUT2D eigenvalue weighted by Gasteiger charge is -2.39. The zero-order valence-corrected chi connectivity index (χ0v) is 16.0. The highest BCUT2D eigenvalue weighted by Gasteiger charge is 2.50. The van der Waals surface area contributed by atoms with E-state index in [9.17, 15) is 9.90 Å². The molecule has 2 aromatic carbocycles. The van der Waals surface area contributed by atoms with E-state index in [1.54, 1.807) is 0 Å². The number of aryl methyl sites for hydroxylation is 1. The highest BCUT2D eigenvalue weighted by Crippen LogP contribution is 2.50. The molecule has 5 rings (SSSR count). The van der Waals surface area contributed by atoms with E-state index in [-0.39, 0.29) is 5.91 Å². The van der Waals surface area contributed by atoms with Gasteiger partial charge in [0.15, 0.2) is 11.4 Å². The molecule has 0 saturated heterocycles. The van der Waals surface area contributed by atoms with Crippen molar-refractivity contribution < 1.29 is 14.4 Å². The number of hydrogen-bond acceptors (Lipinski definition) is 5. The Bertz CT molecular complexity index is 1120. The third-order valence-corrected chi connectivity index (χ3v) is 6.56. The molecule has 6 heteroatoms. The summed E-state index contributed by atoms with van der Waals surface area (Å²) in [4.78, 5) is 12.9. The zero-order chi connectivity index (χ0) is 19.7. The molecule has 28 heavy (non-hydrogen) atoms. The molecule has 1 spiro atoms. The first-order valence-electron chi connectivity index (χ1n) is 9.64. The van der Waals surface area contributed by atoms with Gasteiger partial charge in [-0.1, -0.05) is 23.4 Å². The standard InChI is InChI=1S/C22H23N3O3/c1-12-3-5-14-18(28-25-19(14)23)17(12)13-4-6-15-16(11-13)24-20(26)22(15)9-7-21(2,27)8-10-22/h3-6,11,27H,7-10H2,1-2H3,(H2,23,25)(H,24,26). The van der Waals surface area contributed by atoms with Gasteiger partial charge in [-0.25, -0.2) is 0 Å². The average Bonchev–Trinajstić information content (AvgIpc) is 3.15. The fourth-order valence-corrected chi connectivity index (χ4v) is 4.78. The average molecular weight is 377 g/mol. The van der Waals surface area contributed by atoms with Crippen LogP contribution in [0.2, 0.25) is 0 Å². The van der Waals surface area contributed by atoms with Crippen LogP contribution in [0.25, 0.3) is 22.1 Å². The smallest absolute Gasteiger partial charge is 0.235 e. The van der Waals surface area contributed by atoms with Gasteiger partial charge in [0.2, 0.25) is 5.91 Å². The van der Waals surface area contributed by atoms with E-state index in [0.29, 0.717) is 37.1 Å². The third-order valence-electron chi connectivity index (χ3n) is 6.56. The summed E-state index contributed by atoms with van der Waals surface area (Å²) in [5.74, 6) is 0.410. The van der Waals surface area contributed by atoms with E-state index in [4.69, 9.17) is 10.3 Å². The molecular weight excluding hydrogens is 354 g/mol. The predicted octanol–water partition coefficient (Wildman–Crippen LogP) is 3.90. The van der Waals surface area contributed by atoms with E-state index < -0.39 is 11.0 Å². The van der Waals surface area contributed by atoms with Crippen LogP contribution in [0.4, 0.5) is 11.5 Å². The fraction of sp³-hybridized carbons (Fsp3) is 0.364. The van der Waals surface area contributed by atoms with Crippen molar-refractivity contribution in [1.82, 2.24) is 5.16 Å². The minimum atomic E-state index is -0.687. The molecule has 0 bridgehead atoms. The molecule has 1 aliphatic carbocycles. The lowest BCUT2D eigenvalue weighted by Crippen LogP contribution is -2.43. The van der Waals surface area contributed by atoms with Crippen LogP contribution in [0.15, 0.2) is 34.9 Å². The summed E-state index contributed by atoms with van der Waals surface area (Å²) < 4.78 is 5.50. The summed E-state index contributed by atoms with van der Waals surface area (Å²) in [7, 11) is 0. The molecule has 1 aliphatic heterocycles. The number of anilines is 2. The molecule has 0 atom stereocenters. The molecule has 0 radical (unpaired) electrons. The van der Waals surface area contributed by atoms with E-state index in [1.165, 1.54) is 0 Å². The van der Waals surface area contributed by atoms with E-state index in [0.717, 1.165) is 33.3 Å². The van der Waals surface area contributed by atoms with Crippen LogP contribution in [-0.4, -0.2) is 21.8 Å². The number of carbonyl (C=O) groups excluding carboxylic acids is 1. The maximum absolute atomic E-state index is 12.9. The molecular formula is C22H23N3O3. The topological polar surface area (TPSA) is 101 Å². The van der Waals surface area contributed by atoms with Gasteiger partial charge >= 0.3 is 0 Å². The normalized spacial score (nSPS) is 26.6. The molecule has 144 valence electrons. The number of nitrogens with zero attached hydrogens (tertiary/aromatic N) is 1. The number of aromatic nitrogens is 1. The number of benzene rings is 2. The molecule has 1 amide bonds. The SMILES string of the molecule is Cc1ccc2c(N)noc2c1-c1ccc2c(c1)NC(=O)C21CCC(C)(O)CC1. The van der Waals surface area contributed by atoms with Crippen molar-refractivity contribution in [3.05, 3.63) is 41.5 Å². The Morgan fingerprint density at radius 2 is 1.93 bits per heavy atom. The number of hydrogen-bond donors (Lipinski definition) is 3. The van der Waals surface area contributed by atoms with Crippen LogP contribution in [0.3, 0.4) is 0 Å². The van der Waals surface area contributed by atoms with Crippen LogP contribution in [0, 0.1) is 6.92 Å². The van der Waals surface area contributed by atoms with Crippen LogP contribution in [0.1, 0.15) is 43.7 Å². The molecule has 1 aromatic heterocycles. The summed E-state index contributed by atoms with van der Waals surface area (Å²) in [6, 6.07) is 10.0. The van der Waals surface area contributed by atoms with Crippen molar-refractivity contribution in [3.63, 3.8) is 0 Å². The van der Waals surface area contributed by atoms with E-state index >= 15 is 0 Å². The lowest BCUT2D eigenvalue weighted by molar-refractivity contribution is -0.123. The van der Waals surface area contributed by atoms with Gasteiger partial charge in [0, 0.05) is 11.3 Å². The van der Waals surface area contributed by atoms with Crippen molar-refractivity contribution in [2.24, 2.45) is 0 Å². The number of nitrogens with one attached hydrogen (secondary N) is 1. The number of nitrogens with two attached hydrogens (primary N) is 1. The lowest BCUT2D eigenvalue weighted by atomic mass is 9.66.